The number of aryl methyl sites for hydroxylation is 2. The molecule has 0 aliphatic carbocycles. The van der Waals surface area contributed by atoms with Crippen LogP contribution in [0.3, 0.4) is 0 Å². The number of aromatic nitrogens is 2. The highest BCUT2D eigenvalue weighted by Crippen LogP contribution is 2.25. The highest BCUT2D eigenvalue weighted by Gasteiger charge is 2.22. The molecule has 2 rings (SSSR count). The molecule has 0 radical (unpaired) electrons. The van der Waals surface area contributed by atoms with Crippen LogP contribution in [0.15, 0.2) is 24.3 Å². The minimum Gasteiger partial charge on any atom is -0.496 e. The van der Waals surface area contributed by atoms with Gasteiger partial charge in [0.05, 0.1) is 24.4 Å². The number of para-hydroxylation sites is 1. The maximum atomic E-state index is 12.6. The van der Waals surface area contributed by atoms with Gasteiger partial charge in [0.25, 0.3) is 5.91 Å². The van der Waals surface area contributed by atoms with Crippen LogP contribution in [0.2, 0.25) is 0 Å². The molecule has 0 unspecified atom stereocenters. The first-order valence-corrected chi connectivity index (χ1v) is 7.43. The summed E-state index contributed by atoms with van der Waals surface area (Å²) in [4.78, 5) is 12.6. The molecule has 118 valence electrons. The first kappa shape index (κ1) is 16.1. The third kappa shape index (κ3) is 2.98. The molecular weight excluding hydrogens is 278 g/mol. The molecule has 1 aromatic heterocycles. The van der Waals surface area contributed by atoms with Crippen molar-refractivity contribution in [2.24, 2.45) is 7.05 Å². The maximum absolute atomic E-state index is 12.6. The van der Waals surface area contributed by atoms with Crippen molar-refractivity contribution in [3.63, 3.8) is 0 Å². The van der Waals surface area contributed by atoms with E-state index in [0.29, 0.717) is 11.3 Å². The summed E-state index contributed by atoms with van der Waals surface area (Å²) in [6.45, 7) is 6.05. The highest BCUT2D eigenvalue weighted by atomic mass is 16.5. The summed E-state index contributed by atoms with van der Waals surface area (Å²) in [5.74, 6) is 0.446. The lowest BCUT2D eigenvalue weighted by molar-refractivity contribution is 0.0932. The number of benzene rings is 1. The fraction of sp³-hybridized carbons (Fsp3) is 0.412. The molecule has 22 heavy (non-hydrogen) atoms. The Hall–Kier alpha value is -2.30. The highest BCUT2D eigenvalue weighted by molar-refractivity contribution is 5.97. The molecule has 1 N–H and O–H groups in total. The van der Waals surface area contributed by atoms with Crippen LogP contribution in [0.1, 0.15) is 46.7 Å². The van der Waals surface area contributed by atoms with E-state index < -0.39 is 0 Å². The molecule has 0 bridgehead atoms. The summed E-state index contributed by atoms with van der Waals surface area (Å²) < 4.78 is 7.11. The fourth-order valence-corrected chi connectivity index (χ4v) is 2.74. The molecule has 0 spiro atoms. The Balaban J connectivity index is 2.29. The Morgan fingerprint density at radius 3 is 2.59 bits per heavy atom. The third-order valence-electron chi connectivity index (χ3n) is 3.98. The Bertz CT molecular complexity index is 677. The van der Waals surface area contributed by atoms with Crippen LogP contribution in [0.25, 0.3) is 0 Å². The van der Waals surface area contributed by atoms with Gasteiger partial charge in [-0.2, -0.15) is 5.10 Å². The van der Waals surface area contributed by atoms with E-state index in [1.54, 1.807) is 19.2 Å². The second-order valence-electron chi connectivity index (χ2n) is 5.34. The summed E-state index contributed by atoms with van der Waals surface area (Å²) >= 11 is 0. The van der Waals surface area contributed by atoms with Crippen LogP contribution in [0, 0.1) is 13.8 Å². The van der Waals surface area contributed by atoms with Crippen LogP contribution in [0.4, 0.5) is 0 Å². The number of nitrogens with one attached hydrogen (secondary N) is 1. The molecule has 0 saturated heterocycles. The molecule has 5 nitrogen and oxygen atoms in total. The van der Waals surface area contributed by atoms with Gasteiger partial charge in [-0.3, -0.25) is 9.48 Å². The SMILES string of the molecule is CC[C@H](NC(=O)c1ccccc1OC)c1c(C)nn(C)c1C. The van der Waals surface area contributed by atoms with Gasteiger partial charge in [-0.25, -0.2) is 0 Å². The Morgan fingerprint density at radius 1 is 1.36 bits per heavy atom. The van der Waals surface area contributed by atoms with Crippen molar-refractivity contribution < 1.29 is 9.53 Å². The van der Waals surface area contributed by atoms with Gasteiger partial charge in [0, 0.05) is 18.3 Å². The van der Waals surface area contributed by atoms with E-state index in [-0.39, 0.29) is 11.9 Å². The zero-order valence-corrected chi connectivity index (χ0v) is 13.8. The predicted octanol–water partition coefficient (Wildman–Crippen LogP) is 2.93. The normalized spacial score (nSPS) is 12.0. The van der Waals surface area contributed by atoms with E-state index in [4.69, 9.17) is 4.74 Å². The van der Waals surface area contributed by atoms with Crippen LogP contribution in [0.5, 0.6) is 5.75 Å². The summed E-state index contributed by atoms with van der Waals surface area (Å²) in [5, 5.41) is 7.53. The zero-order valence-electron chi connectivity index (χ0n) is 13.8. The average molecular weight is 301 g/mol. The lowest BCUT2D eigenvalue weighted by Crippen LogP contribution is -2.29. The Kier molecular flexibility index (Phi) is 4.85. The van der Waals surface area contributed by atoms with Crippen molar-refractivity contribution in [2.45, 2.75) is 33.2 Å². The van der Waals surface area contributed by atoms with Gasteiger partial charge in [0.1, 0.15) is 5.75 Å². The minimum atomic E-state index is -0.132. The summed E-state index contributed by atoms with van der Waals surface area (Å²) in [6.07, 6.45) is 0.800. The number of ether oxygens (including phenoxy) is 1. The molecular formula is C17H23N3O2. The summed E-state index contributed by atoms with van der Waals surface area (Å²) in [6, 6.07) is 7.17. The quantitative estimate of drug-likeness (QED) is 0.924. The lowest BCUT2D eigenvalue weighted by Gasteiger charge is -2.19. The van der Waals surface area contributed by atoms with Crippen molar-refractivity contribution in [1.29, 1.82) is 0 Å². The van der Waals surface area contributed by atoms with E-state index >= 15 is 0 Å². The van der Waals surface area contributed by atoms with Gasteiger partial charge in [-0.15, -0.1) is 0 Å². The largest absolute Gasteiger partial charge is 0.496 e. The molecule has 0 aliphatic heterocycles. The number of rotatable bonds is 5. The minimum absolute atomic E-state index is 0.0638. The first-order chi connectivity index (χ1) is 10.5. The smallest absolute Gasteiger partial charge is 0.255 e. The molecule has 0 saturated carbocycles. The second kappa shape index (κ2) is 6.64. The lowest BCUT2D eigenvalue weighted by atomic mass is 10.0. The number of amides is 1. The Morgan fingerprint density at radius 2 is 2.05 bits per heavy atom. The van der Waals surface area contributed by atoms with E-state index in [1.165, 1.54) is 0 Å². The molecule has 0 fully saturated rings. The van der Waals surface area contributed by atoms with Crippen molar-refractivity contribution in [3.8, 4) is 5.75 Å². The van der Waals surface area contributed by atoms with Gasteiger partial charge in [-0.1, -0.05) is 19.1 Å². The van der Waals surface area contributed by atoms with Crippen molar-refractivity contribution >= 4 is 5.91 Å². The van der Waals surface area contributed by atoms with E-state index in [2.05, 4.69) is 17.3 Å². The number of nitrogens with zero attached hydrogens (tertiary/aromatic N) is 2. The molecule has 1 amide bonds. The number of hydrogen-bond donors (Lipinski definition) is 1. The van der Waals surface area contributed by atoms with Crippen molar-refractivity contribution in [2.75, 3.05) is 7.11 Å². The topological polar surface area (TPSA) is 56.1 Å². The summed E-state index contributed by atoms with van der Waals surface area (Å²) in [5.41, 5.74) is 3.66. The molecule has 1 heterocycles. The van der Waals surface area contributed by atoms with Crippen molar-refractivity contribution in [1.82, 2.24) is 15.1 Å². The average Bonchev–Trinajstić information content (AvgIpc) is 2.77. The first-order valence-electron chi connectivity index (χ1n) is 7.43. The third-order valence-corrected chi connectivity index (χ3v) is 3.98. The summed E-state index contributed by atoms with van der Waals surface area (Å²) in [7, 11) is 3.49. The van der Waals surface area contributed by atoms with Gasteiger partial charge >= 0.3 is 0 Å². The van der Waals surface area contributed by atoms with E-state index in [9.17, 15) is 4.79 Å². The van der Waals surface area contributed by atoms with E-state index in [0.717, 1.165) is 23.4 Å². The van der Waals surface area contributed by atoms with Crippen LogP contribution < -0.4 is 10.1 Å². The van der Waals surface area contributed by atoms with Gasteiger partial charge in [0.2, 0.25) is 0 Å². The number of carbonyl (C=O) groups excluding carboxylic acids is 1. The fourth-order valence-electron chi connectivity index (χ4n) is 2.74. The predicted molar refractivity (Wildman–Crippen MR) is 86.2 cm³/mol. The molecule has 5 heteroatoms. The molecule has 0 aliphatic rings. The van der Waals surface area contributed by atoms with E-state index in [1.807, 2.05) is 37.7 Å². The van der Waals surface area contributed by atoms with Gasteiger partial charge < -0.3 is 10.1 Å². The number of carbonyl (C=O) groups is 1. The number of methoxy groups -OCH3 is 1. The number of hydrogen-bond acceptors (Lipinski definition) is 3. The van der Waals surface area contributed by atoms with Crippen LogP contribution in [-0.4, -0.2) is 22.8 Å². The van der Waals surface area contributed by atoms with Gasteiger partial charge in [-0.05, 0) is 32.4 Å². The van der Waals surface area contributed by atoms with Gasteiger partial charge in [0.15, 0.2) is 0 Å². The standard InChI is InChI=1S/C17H23N3O2/c1-6-14(16-11(2)19-20(4)12(16)3)18-17(21)13-9-7-8-10-15(13)22-5/h7-10,14H,6H2,1-5H3,(H,18,21)/t14-/m0/s1. The maximum Gasteiger partial charge on any atom is 0.255 e. The van der Waals surface area contributed by atoms with Crippen LogP contribution >= 0.6 is 0 Å². The van der Waals surface area contributed by atoms with Crippen LogP contribution in [-0.2, 0) is 7.05 Å². The molecule has 2 aromatic rings. The second-order valence-corrected chi connectivity index (χ2v) is 5.34. The molecule has 1 atom stereocenters. The molecule has 1 aromatic carbocycles. The zero-order chi connectivity index (χ0) is 16.3. The monoisotopic (exact) mass is 301 g/mol. The Labute approximate surface area is 131 Å². The van der Waals surface area contributed by atoms with Crippen molar-refractivity contribution in [3.05, 3.63) is 46.8 Å².